The maximum absolute atomic E-state index is 13.2. The van der Waals surface area contributed by atoms with Crippen LogP contribution in [0.1, 0.15) is 111 Å². The van der Waals surface area contributed by atoms with Crippen LogP contribution in [0.2, 0.25) is 0 Å². The van der Waals surface area contributed by atoms with Crippen LogP contribution in [0.4, 0.5) is 0 Å². The summed E-state index contributed by atoms with van der Waals surface area (Å²) in [6, 6.07) is 0. The number of rotatable bonds is 4. The maximum Gasteiger partial charge on any atom is 0.331 e. The van der Waals surface area contributed by atoms with Crippen molar-refractivity contribution in [2.24, 2.45) is 11.8 Å². The zero-order valence-electron chi connectivity index (χ0n) is 29.8. The molecule has 0 N–H and O–H groups in total. The highest BCUT2D eigenvalue weighted by molar-refractivity contribution is 5.83. The van der Waals surface area contributed by atoms with Crippen molar-refractivity contribution in [3.63, 3.8) is 0 Å². The molecule has 0 amide bonds. The molecule has 2 saturated carbocycles. The zero-order valence-corrected chi connectivity index (χ0v) is 29.8. The van der Waals surface area contributed by atoms with Gasteiger partial charge >= 0.3 is 5.97 Å². The fraction of sp³-hybridized carbons (Fsp3) is 0.683. The molecule has 6 rings (SSSR count). The van der Waals surface area contributed by atoms with Crippen LogP contribution in [0, 0.1) is 11.8 Å². The van der Waals surface area contributed by atoms with Crippen molar-refractivity contribution >= 4 is 5.97 Å². The quantitative estimate of drug-likeness (QED) is 0.169. The topological polar surface area (TPSA) is 75.8 Å². The molecule has 5 fully saturated rings. The number of allylic oxidation sites excluding steroid dienone is 5. The number of cyclic esters (lactones) is 1. The summed E-state index contributed by atoms with van der Waals surface area (Å²) in [6.07, 6.45) is 20.1. The van der Waals surface area contributed by atoms with Gasteiger partial charge in [-0.3, -0.25) is 0 Å². The van der Waals surface area contributed by atoms with E-state index in [1.54, 1.807) is 6.08 Å². The van der Waals surface area contributed by atoms with Gasteiger partial charge in [0.1, 0.15) is 36.6 Å². The molecule has 0 aromatic heterocycles. The third kappa shape index (κ3) is 7.86. The monoisotopic (exact) mass is 662 g/mol. The average molecular weight is 663 g/mol. The van der Waals surface area contributed by atoms with E-state index in [1.165, 1.54) is 0 Å². The van der Waals surface area contributed by atoms with Gasteiger partial charge in [-0.2, -0.15) is 0 Å². The Kier molecular flexibility index (Phi) is 11.0. The molecule has 2 spiro atoms. The van der Waals surface area contributed by atoms with E-state index in [9.17, 15) is 4.79 Å². The zero-order chi connectivity index (χ0) is 34.1. The van der Waals surface area contributed by atoms with Crippen LogP contribution in [-0.2, 0) is 33.2 Å². The van der Waals surface area contributed by atoms with Gasteiger partial charge in [-0.25, -0.2) is 4.79 Å². The SMILES string of the molecule is C=C1C/C=C/[C@H]2OC3(CCCC3)O[C@@H]2C(=C)[C@H]2OC3(CCCC3)O[C@@H]2C(=C)C/C=C/C(C)=C/C(=O)O[C@H]([C@H]2O[C@@H]2[C@H](C)CCC)[C@H](C)C1. The largest absolute Gasteiger partial charge is 0.456 e. The van der Waals surface area contributed by atoms with Gasteiger partial charge in [0.05, 0.1) is 6.10 Å². The second-order valence-corrected chi connectivity index (χ2v) is 15.5. The molecule has 0 unspecified atom stereocenters. The van der Waals surface area contributed by atoms with Gasteiger partial charge in [0.2, 0.25) is 0 Å². The third-order valence-electron chi connectivity index (χ3n) is 11.3. The lowest BCUT2D eigenvalue weighted by molar-refractivity contribution is -0.170. The number of fused-ring (bicyclic) bond motifs is 2. The molecular formula is C41H58O7. The summed E-state index contributed by atoms with van der Waals surface area (Å²) in [5.41, 5.74) is 3.65. The van der Waals surface area contributed by atoms with Gasteiger partial charge in [0.25, 0.3) is 0 Å². The molecule has 0 radical (unpaired) electrons. The average Bonchev–Trinajstić information content (AvgIpc) is 3.40. The highest BCUT2D eigenvalue weighted by atomic mass is 16.8. The van der Waals surface area contributed by atoms with E-state index in [-0.39, 0.29) is 54.6 Å². The molecule has 6 aliphatic rings. The predicted molar refractivity (Wildman–Crippen MR) is 187 cm³/mol. The fourth-order valence-corrected chi connectivity index (χ4v) is 8.63. The van der Waals surface area contributed by atoms with Gasteiger partial charge < -0.3 is 28.4 Å². The van der Waals surface area contributed by atoms with E-state index in [2.05, 4.69) is 52.7 Å². The van der Waals surface area contributed by atoms with Crippen LogP contribution in [-0.4, -0.2) is 60.3 Å². The first kappa shape index (κ1) is 35.5. The van der Waals surface area contributed by atoms with E-state index in [1.807, 2.05) is 19.1 Å². The first-order chi connectivity index (χ1) is 23.0. The van der Waals surface area contributed by atoms with Gasteiger partial charge in [0.15, 0.2) is 11.6 Å². The molecule has 0 aromatic carbocycles. The molecule has 0 bridgehead atoms. The van der Waals surface area contributed by atoms with Crippen molar-refractivity contribution in [2.45, 2.75) is 165 Å². The molecule has 4 aliphatic heterocycles. The van der Waals surface area contributed by atoms with Crippen LogP contribution in [0.5, 0.6) is 0 Å². The second kappa shape index (κ2) is 14.9. The molecule has 264 valence electrons. The van der Waals surface area contributed by atoms with E-state index in [4.69, 9.17) is 28.4 Å². The molecule has 4 heterocycles. The Labute approximate surface area is 288 Å². The summed E-state index contributed by atoms with van der Waals surface area (Å²) in [4.78, 5) is 13.2. The summed E-state index contributed by atoms with van der Waals surface area (Å²) >= 11 is 0. The number of hydrogen-bond acceptors (Lipinski definition) is 7. The van der Waals surface area contributed by atoms with E-state index in [0.717, 1.165) is 92.9 Å². The molecule has 2 aliphatic carbocycles. The number of carbonyl (C=O) groups excluding carboxylic acids is 1. The van der Waals surface area contributed by atoms with Gasteiger partial charge in [-0.1, -0.05) is 76.8 Å². The number of epoxide rings is 1. The van der Waals surface area contributed by atoms with Crippen LogP contribution in [0.25, 0.3) is 0 Å². The Bertz CT molecular complexity index is 1310. The van der Waals surface area contributed by atoms with E-state index < -0.39 is 11.6 Å². The Balaban J connectivity index is 1.27. The predicted octanol–water partition coefficient (Wildman–Crippen LogP) is 8.76. The lowest BCUT2D eigenvalue weighted by Crippen LogP contribution is -2.36. The summed E-state index contributed by atoms with van der Waals surface area (Å²) in [7, 11) is 0. The van der Waals surface area contributed by atoms with Crippen molar-refractivity contribution in [1.82, 2.24) is 0 Å². The van der Waals surface area contributed by atoms with Crippen LogP contribution in [0.3, 0.4) is 0 Å². The third-order valence-corrected chi connectivity index (χ3v) is 11.3. The second-order valence-electron chi connectivity index (χ2n) is 15.5. The normalized spacial score (nSPS) is 40.2. The summed E-state index contributed by atoms with van der Waals surface area (Å²) in [5, 5.41) is 0. The first-order valence-corrected chi connectivity index (χ1v) is 18.6. The number of esters is 1. The molecule has 48 heavy (non-hydrogen) atoms. The molecular weight excluding hydrogens is 604 g/mol. The molecule has 7 heteroatoms. The number of ether oxygens (including phenoxy) is 6. The van der Waals surface area contributed by atoms with E-state index in [0.29, 0.717) is 18.8 Å². The minimum Gasteiger partial charge on any atom is -0.456 e. The first-order valence-electron chi connectivity index (χ1n) is 18.6. The molecule has 7 nitrogen and oxygen atoms in total. The van der Waals surface area contributed by atoms with Crippen LogP contribution < -0.4 is 0 Å². The summed E-state index contributed by atoms with van der Waals surface area (Å²) in [6.45, 7) is 22.0. The minimum atomic E-state index is -0.612. The fourth-order valence-electron chi connectivity index (χ4n) is 8.63. The Morgan fingerprint density at radius 3 is 2.21 bits per heavy atom. The maximum atomic E-state index is 13.2. The van der Waals surface area contributed by atoms with Gasteiger partial charge in [0, 0.05) is 31.8 Å². The minimum absolute atomic E-state index is 0.0524. The van der Waals surface area contributed by atoms with Crippen molar-refractivity contribution in [2.75, 3.05) is 0 Å². The van der Waals surface area contributed by atoms with Crippen molar-refractivity contribution in [3.05, 3.63) is 72.4 Å². The number of carbonyl (C=O) groups is 1. The molecule has 0 aromatic rings. The lowest BCUT2D eigenvalue weighted by Gasteiger charge is -2.27. The lowest BCUT2D eigenvalue weighted by atomic mass is 9.89. The standard InChI is InChI=1S/C41H58O7/c1-8-15-28(4)34-39(44-34)35-30(6)24-26(2)17-14-19-32-37(47-40(45-32)20-9-10-21-40)31(7)38-36(46-41(48-38)22-11-12-23-41)29(5)18-13-16-27(3)25-33(42)43-35/h13-14,16,19,25,28,30,32,34-39H,2,5,7-12,15,17-18,20-24H2,1,3-4,6H3/b16-13+,19-14+,27-25+/t28-,30-,32-,34-,35+,36-,37-,38-,39+/m1/s1. The highest BCUT2D eigenvalue weighted by Crippen LogP contribution is 2.49. The Morgan fingerprint density at radius 2 is 1.52 bits per heavy atom. The van der Waals surface area contributed by atoms with Gasteiger partial charge in [-0.15, -0.1) is 0 Å². The van der Waals surface area contributed by atoms with Crippen LogP contribution in [0.15, 0.2) is 72.4 Å². The van der Waals surface area contributed by atoms with Crippen LogP contribution >= 0.6 is 0 Å². The van der Waals surface area contributed by atoms with Crippen molar-refractivity contribution in [1.29, 1.82) is 0 Å². The summed E-state index contributed by atoms with van der Waals surface area (Å²) < 4.78 is 39.4. The highest BCUT2D eigenvalue weighted by Gasteiger charge is 2.56. The Morgan fingerprint density at radius 1 is 0.875 bits per heavy atom. The van der Waals surface area contributed by atoms with Crippen molar-refractivity contribution < 1.29 is 33.2 Å². The molecule has 9 atom stereocenters. The molecule has 3 saturated heterocycles. The van der Waals surface area contributed by atoms with Crippen molar-refractivity contribution in [3.8, 4) is 0 Å². The summed E-state index contributed by atoms with van der Waals surface area (Å²) in [5.74, 6) is -1.07. The Hall–Kier alpha value is -2.29. The van der Waals surface area contributed by atoms with Gasteiger partial charge in [-0.05, 0) is 86.8 Å². The number of hydrogen-bond donors (Lipinski definition) is 0. The smallest absolute Gasteiger partial charge is 0.331 e. The van der Waals surface area contributed by atoms with E-state index >= 15 is 0 Å².